The predicted octanol–water partition coefficient (Wildman–Crippen LogP) is 2.91. The predicted molar refractivity (Wildman–Crippen MR) is 85.4 cm³/mol. The summed E-state index contributed by atoms with van der Waals surface area (Å²) in [4.78, 5) is 1.24. The molecular weight excluding hydrogens is 306 g/mol. The summed E-state index contributed by atoms with van der Waals surface area (Å²) in [6.07, 6.45) is 1.20. The van der Waals surface area contributed by atoms with Crippen LogP contribution in [0, 0.1) is 6.92 Å². The summed E-state index contributed by atoms with van der Waals surface area (Å²) in [6.45, 7) is 5.97. The molecule has 7 heteroatoms. The highest BCUT2D eigenvalue weighted by Crippen LogP contribution is 2.35. The van der Waals surface area contributed by atoms with Gasteiger partial charge in [-0.25, -0.2) is 8.42 Å². The fraction of sp³-hybridized carbons (Fsp3) is 0.357. The van der Waals surface area contributed by atoms with E-state index < -0.39 is 9.84 Å². The van der Waals surface area contributed by atoms with E-state index in [1.165, 1.54) is 18.0 Å². The van der Waals surface area contributed by atoms with E-state index in [1.807, 2.05) is 25.5 Å². The number of benzene rings is 1. The molecule has 0 amide bonds. The molecule has 5 nitrogen and oxygen atoms in total. The van der Waals surface area contributed by atoms with Gasteiger partial charge in [-0.2, -0.15) is 5.10 Å². The summed E-state index contributed by atoms with van der Waals surface area (Å²) in [5, 5.41) is 5.32. The van der Waals surface area contributed by atoms with Crippen LogP contribution >= 0.6 is 11.8 Å². The molecule has 2 aromatic rings. The maximum absolute atomic E-state index is 11.5. The van der Waals surface area contributed by atoms with Gasteiger partial charge in [0.2, 0.25) is 0 Å². The average Bonchev–Trinajstić information content (AvgIpc) is 2.67. The van der Waals surface area contributed by atoms with E-state index in [0.717, 1.165) is 15.6 Å². The molecule has 0 saturated carbocycles. The van der Waals surface area contributed by atoms with Gasteiger partial charge in [0.05, 0.1) is 16.3 Å². The molecule has 0 spiro atoms. The lowest BCUT2D eigenvalue weighted by atomic mass is 10.4. The van der Waals surface area contributed by atoms with Crippen molar-refractivity contribution < 1.29 is 8.42 Å². The van der Waals surface area contributed by atoms with Gasteiger partial charge in [0.25, 0.3) is 0 Å². The van der Waals surface area contributed by atoms with Gasteiger partial charge in [0.15, 0.2) is 9.84 Å². The van der Waals surface area contributed by atoms with Crippen molar-refractivity contribution in [1.29, 1.82) is 0 Å². The number of nitrogens with zero attached hydrogens (tertiary/aromatic N) is 2. The molecule has 1 aromatic heterocycles. The smallest absolute Gasteiger partial charge is 0.175 e. The molecule has 114 valence electrons. The maximum atomic E-state index is 11.5. The minimum atomic E-state index is -3.17. The quantitative estimate of drug-likeness (QED) is 0.935. The monoisotopic (exact) mass is 325 g/mol. The lowest BCUT2D eigenvalue weighted by Crippen LogP contribution is -2.04. The van der Waals surface area contributed by atoms with Crippen LogP contribution in [0.2, 0.25) is 0 Å². The zero-order chi connectivity index (χ0) is 15.8. The number of aryl methyl sites for hydroxylation is 1. The molecule has 0 aliphatic carbocycles. The van der Waals surface area contributed by atoms with Crippen LogP contribution in [-0.2, 0) is 9.84 Å². The Morgan fingerprint density at radius 1 is 1.24 bits per heavy atom. The van der Waals surface area contributed by atoms with Crippen molar-refractivity contribution in [3.8, 4) is 0 Å². The van der Waals surface area contributed by atoms with Crippen LogP contribution in [0.3, 0.4) is 0 Å². The molecule has 0 unspecified atom stereocenters. The Morgan fingerprint density at radius 2 is 1.81 bits per heavy atom. The van der Waals surface area contributed by atoms with Gasteiger partial charge in [-0.05, 0) is 45.0 Å². The van der Waals surface area contributed by atoms with E-state index >= 15 is 0 Å². The highest BCUT2D eigenvalue weighted by atomic mass is 32.2. The SMILES string of the molecule is Cc1nn(C(C)C)c(Sc2ccc(S(C)(=O)=O)cc2)c1N. The third-order valence-electron chi connectivity index (χ3n) is 3.04. The first-order valence-electron chi connectivity index (χ1n) is 6.52. The van der Waals surface area contributed by atoms with Crippen LogP contribution in [-0.4, -0.2) is 24.5 Å². The summed E-state index contributed by atoms with van der Waals surface area (Å²) < 4.78 is 24.8. The van der Waals surface area contributed by atoms with Crippen LogP contribution in [0.4, 0.5) is 5.69 Å². The largest absolute Gasteiger partial charge is 0.395 e. The van der Waals surface area contributed by atoms with Crippen molar-refractivity contribution in [2.75, 3.05) is 12.0 Å². The van der Waals surface area contributed by atoms with E-state index in [1.54, 1.807) is 24.3 Å². The maximum Gasteiger partial charge on any atom is 0.175 e. The summed E-state index contributed by atoms with van der Waals surface area (Å²) in [5.74, 6) is 0. The van der Waals surface area contributed by atoms with Crippen molar-refractivity contribution in [3.63, 3.8) is 0 Å². The highest BCUT2D eigenvalue weighted by Gasteiger charge is 2.16. The third kappa shape index (κ3) is 3.41. The van der Waals surface area contributed by atoms with E-state index in [0.29, 0.717) is 10.6 Å². The molecule has 21 heavy (non-hydrogen) atoms. The van der Waals surface area contributed by atoms with Gasteiger partial charge in [-0.15, -0.1) is 0 Å². The van der Waals surface area contributed by atoms with Crippen molar-refractivity contribution in [2.45, 2.75) is 41.6 Å². The van der Waals surface area contributed by atoms with E-state index in [4.69, 9.17) is 5.73 Å². The topological polar surface area (TPSA) is 78.0 Å². The zero-order valence-corrected chi connectivity index (χ0v) is 14.1. The van der Waals surface area contributed by atoms with Crippen LogP contribution in [0.25, 0.3) is 0 Å². The lowest BCUT2D eigenvalue weighted by Gasteiger charge is -2.11. The Kier molecular flexibility index (Phi) is 4.34. The number of nitrogen functional groups attached to an aromatic ring is 1. The number of sulfone groups is 1. The molecule has 1 aromatic carbocycles. The van der Waals surface area contributed by atoms with Crippen molar-refractivity contribution in [1.82, 2.24) is 9.78 Å². The van der Waals surface area contributed by atoms with E-state index in [-0.39, 0.29) is 6.04 Å². The molecule has 2 rings (SSSR count). The summed E-state index contributed by atoms with van der Waals surface area (Å²) >= 11 is 1.49. The van der Waals surface area contributed by atoms with Gasteiger partial charge in [-0.3, -0.25) is 4.68 Å². The molecule has 0 atom stereocenters. The first kappa shape index (κ1) is 15.9. The number of aromatic nitrogens is 2. The normalized spacial score (nSPS) is 12.0. The van der Waals surface area contributed by atoms with Crippen molar-refractivity contribution >= 4 is 27.3 Å². The number of rotatable bonds is 4. The minimum Gasteiger partial charge on any atom is -0.395 e. The zero-order valence-electron chi connectivity index (χ0n) is 12.5. The molecule has 0 fully saturated rings. The molecule has 0 bridgehead atoms. The molecule has 0 saturated heterocycles. The number of hydrogen-bond acceptors (Lipinski definition) is 5. The van der Waals surface area contributed by atoms with Gasteiger partial charge >= 0.3 is 0 Å². The van der Waals surface area contributed by atoms with Crippen LogP contribution in [0.1, 0.15) is 25.6 Å². The summed E-state index contributed by atoms with van der Waals surface area (Å²) in [5.41, 5.74) is 7.56. The highest BCUT2D eigenvalue weighted by molar-refractivity contribution is 7.99. The number of anilines is 1. The van der Waals surface area contributed by atoms with Gasteiger partial charge in [0, 0.05) is 17.2 Å². The second kappa shape index (κ2) is 5.73. The molecule has 0 aliphatic heterocycles. The fourth-order valence-corrected chi connectivity index (χ4v) is 3.59. The molecule has 0 aliphatic rings. The Morgan fingerprint density at radius 3 is 2.29 bits per heavy atom. The minimum absolute atomic E-state index is 0.207. The number of hydrogen-bond donors (Lipinski definition) is 1. The second-order valence-electron chi connectivity index (χ2n) is 5.19. The van der Waals surface area contributed by atoms with Crippen LogP contribution in [0.5, 0.6) is 0 Å². The fourth-order valence-electron chi connectivity index (χ4n) is 1.86. The van der Waals surface area contributed by atoms with Gasteiger partial charge in [-0.1, -0.05) is 11.8 Å². The summed E-state index contributed by atoms with van der Waals surface area (Å²) in [7, 11) is -3.17. The first-order valence-corrected chi connectivity index (χ1v) is 9.23. The molecular formula is C14H19N3O2S2. The second-order valence-corrected chi connectivity index (χ2v) is 8.27. The van der Waals surface area contributed by atoms with Crippen LogP contribution in [0.15, 0.2) is 39.1 Å². The summed E-state index contributed by atoms with van der Waals surface area (Å²) in [6, 6.07) is 6.99. The van der Waals surface area contributed by atoms with E-state index in [2.05, 4.69) is 5.10 Å². The third-order valence-corrected chi connectivity index (χ3v) is 5.28. The Hall–Kier alpha value is -1.47. The molecule has 0 radical (unpaired) electrons. The van der Waals surface area contributed by atoms with Crippen molar-refractivity contribution in [2.24, 2.45) is 0 Å². The molecule has 1 heterocycles. The standard InChI is InChI=1S/C14H19N3O2S2/c1-9(2)17-14(13(15)10(3)16-17)20-11-5-7-12(8-6-11)21(4,18)19/h5-9H,15H2,1-4H3. The Labute approximate surface area is 129 Å². The Balaban J connectivity index is 2.35. The van der Waals surface area contributed by atoms with Gasteiger partial charge < -0.3 is 5.73 Å². The average molecular weight is 325 g/mol. The first-order chi connectivity index (χ1) is 9.70. The Bertz CT molecular complexity index is 747. The lowest BCUT2D eigenvalue weighted by molar-refractivity contribution is 0.491. The van der Waals surface area contributed by atoms with Crippen molar-refractivity contribution in [3.05, 3.63) is 30.0 Å². The number of nitrogens with two attached hydrogens (primary N) is 1. The van der Waals surface area contributed by atoms with Crippen LogP contribution < -0.4 is 5.73 Å². The van der Waals surface area contributed by atoms with Gasteiger partial charge in [0.1, 0.15) is 5.03 Å². The molecule has 2 N–H and O–H groups in total. The van der Waals surface area contributed by atoms with E-state index in [9.17, 15) is 8.42 Å².